The van der Waals surface area contributed by atoms with Gasteiger partial charge in [0, 0.05) is 0 Å². The number of sulfonamides is 1. The van der Waals surface area contributed by atoms with Gasteiger partial charge in [-0.15, -0.1) is 0 Å². The van der Waals surface area contributed by atoms with Crippen molar-refractivity contribution in [1.29, 1.82) is 0 Å². The van der Waals surface area contributed by atoms with E-state index in [0.717, 1.165) is 6.07 Å². The van der Waals surface area contributed by atoms with E-state index < -0.39 is 15.8 Å². The number of halogens is 1. The number of aryl methyl sites for hydroxylation is 1. The van der Waals surface area contributed by atoms with Gasteiger partial charge in [-0.25, -0.2) is 22.5 Å². The second kappa shape index (κ2) is 5.51. The van der Waals surface area contributed by atoms with Gasteiger partial charge in [0.25, 0.3) is 0 Å². The molecule has 5 nitrogen and oxygen atoms in total. The van der Waals surface area contributed by atoms with Crippen LogP contribution in [0, 0.1) is 12.7 Å². The molecule has 0 atom stereocenters. The third-order valence-corrected chi connectivity index (χ3v) is 4.59. The van der Waals surface area contributed by atoms with Gasteiger partial charge in [-0.3, -0.25) is 0 Å². The van der Waals surface area contributed by atoms with Gasteiger partial charge in [0.05, 0.1) is 11.4 Å². The summed E-state index contributed by atoms with van der Waals surface area (Å²) in [6, 6.07) is 10.8. The average molecular weight is 320 g/mol. The summed E-state index contributed by atoms with van der Waals surface area (Å²) >= 11 is 0. The first-order valence-corrected chi connectivity index (χ1v) is 8.04. The molecule has 0 saturated heterocycles. The highest BCUT2D eigenvalue weighted by Crippen LogP contribution is 2.17. The Morgan fingerprint density at radius 2 is 2.00 bits per heavy atom. The number of benzene rings is 2. The number of hydrogen-bond acceptors (Lipinski definition) is 4. The van der Waals surface area contributed by atoms with Crippen molar-refractivity contribution >= 4 is 21.1 Å². The number of aromatic nitrogens is 1. The Bertz CT molecular complexity index is 902. The molecule has 1 N–H and O–H groups in total. The topological polar surface area (TPSA) is 72.2 Å². The molecule has 0 unspecified atom stereocenters. The van der Waals surface area contributed by atoms with Crippen LogP contribution >= 0.6 is 0 Å². The lowest BCUT2D eigenvalue weighted by Gasteiger charge is -2.06. The van der Waals surface area contributed by atoms with E-state index in [1.54, 1.807) is 12.1 Å². The highest BCUT2D eigenvalue weighted by Gasteiger charge is 2.16. The highest BCUT2D eigenvalue weighted by atomic mass is 32.2. The van der Waals surface area contributed by atoms with Crippen molar-refractivity contribution in [2.75, 3.05) is 0 Å². The third-order valence-electron chi connectivity index (χ3n) is 3.19. The van der Waals surface area contributed by atoms with Crippen molar-refractivity contribution in [2.45, 2.75) is 18.4 Å². The Morgan fingerprint density at radius 3 is 2.73 bits per heavy atom. The maximum absolute atomic E-state index is 13.2. The fourth-order valence-electron chi connectivity index (χ4n) is 2.02. The van der Waals surface area contributed by atoms with Crippen molar-refractivity contribution in [2.24, 2.45) is 0 Å². The lowest BCUT2D eigenvalue weighted by atomic mass is 10.2. The van der Waals surface area contributed by atoms with Gasteiger partial charge < -0.3 is 4.42 Å². The molecule has 0 radical (unpaired) electrons. The van der Waals surface area contributed by atoms with Crippen LogP contribution in [0.2, 0.25) is 0 Å². The molecule has 3 aromatic rings. The van der Waals surface area contributed by atoms with Crippen LogP contribution in [0.1, 0.15) is 11.5 Å². The first kappa shape index (κ1) is 14.7. The van der Waals surface area contributed by atoms with Crippen LogP contribution in [0.15, 0.2) is 51.8 Å². The van der Waals surface area contributed by atoms with Crippen molar-refractivity contribution in [3.05, 3.63) is 59.7 Å². The average Bonchev–Trinajstić information content (AvgIpc) is 2.91. The maximum atomic E-state index is 13.2. The fraction of sp³-hybridized carbons (Fsp3) is 0.133. The molecule has 114 valence electrons. The summed E-state index contributed by atoms with van der Waals surface area (Å²) in [7, 11) is -3.75. The van der Waals surface area contributed by atoms with Crippen LogP contribution in [0.3, 0.4) is 0 Å². The van der Waals surface area contributed by atoms with Gasteiger partial charge >= 0.3 is 0 Å². The van der Waals surface area contributed by atoms with Gasteiger partial charge in [0.2, 0.25) is 15.9 Å². The van der Waals surface area contributed by atoms with E-state index >= 15 is 0 Å². The van der Waals surface area contributed by atoms with E-state index in [-0.39, 0.29) is 22.9 Å². The quantitative estimate of drug-likeness (QED) is 0.802. The van der Waals surface area contributed by atoms with Crippen molar-refractivity contribution in [1.82, 2.24) is 9.71 Å². The smallest absolute Gasteiger partial charge is 0.241 e. The Kier molecular flexibility index (Phi) is 3.67. The van der Waals surface area contributed by atoms with Gasteiger partial charge in [0.15, 0.2) is 5.58 Å². The van der Waals surface area contributed by atoms with Crippen LogP contribution in [0.5, 0.6) is 0 Å². The van der Waals surface area contributed by atoms with E-state index in [1.165, 1.54) is 19.1 Å². The maximum Gasteiger partial charge on any atom is 0.241 e. The number of hydrogen-bond donors (Lipinski definition) is 1. The molecule has 1 heterocycles. The van der Waals surface area contributed by atoms with Crippen molar-refractivity contribution in [3.8, 4) is 0 Å². The molecule has 0 bridgehead atoms. The Hall–Kier alpha value is -2.25. The normalized spacial score (nSPS) is 11.9. The number of nitrogens with zero attached hydrogens (tertiary/aromatic N) is 1. The second-order valence-corrected chi connectivity index (χ2v) is 6.58. The van der Waals surface area contributed by atoms with Crippen LogP contribution in [0.25, 0.3) is 11.1 Å². The molecule has 0 fully saturated rings. The zero-order chi connectivity index (χ0) is 15.7. The summed E-state index contributed by atoms with van der Waals surface area (Å²) in [4.78, 5) is 4.19. The second-order valence-electron chi connectivity index (χ2n) is 4.81. The molecule has 22 heavy (non-hydrogen) atoms. The monoisotopic (exact) mass is 320 g/mol. The summed E-state index contributed by atoms with van der Waals surface area (Å²) in [6.07, 6.45) is 0. The third kappa shape index (κ3) is 2.86. The molecule has 0 aliphatic rings. The number of nitrogens with one attached hydrogen (secondary N) is 1. The molecular weight excluding hydrogens is 307 g/mol. The number of fused-ring (bicyclic) bond motifs is 1. The molecule has 0 aliphatic carbocycles. The molecule has 0 amide bonds. The van der Waals surface area contributed by atoms with Crippen LogP contribution in [-0.2, 0) is 16.6 Å². The van der Waals surface area contributed by atoms with Crippen LogP contribution in [0.4, 0.5) is 4.39 Å². The predicted octanol–water partition coefficient (Wildman–Crippen LogP) is 2.75. The number of para-hydroxylation sites is 2. The molecule has 0 spiro atoms. The lowest BCUT2D eigenvalue weighted by Crippen LogP contribution is -2.23. The largest absolute Gasteiger partial charge is 0.439 e. The zero-order valence-electron chi connectivity index (χ0n) is 11.7. The number of rotatable bonds is 4. The standard InChI is InChI=1S/C15H13FN2O3S/c1-10-8-11(6-7-12(10)16)22(19,20)17-9-15-18-13-4-2-3-5-14(13)21-15/h2-8,17H,9H2,1H3. The summed E-state index contributed by atoms with van der Waals surface area (Å²) in [6.45, 7) is 1.43. The zero-order valence-corrected chi connectivity index (χ0v) is 12.5. The van der Waals surface area contributed by atoms with E-state index in [9.17, 15) is 12.8 Å². The van der Waals surface area contributed by atoms with Gasteiger partial charge in [-0.05, 0) is 42.8 Å². The Balaban J connectivity index is 1.80. The van der Waals surface area contributed by atoms with E-state index in [0.29, 0.717) is 11.1 Å². The van der Waals surface area contributed by atoms with Crippen LogP contribution < -0.4 is 4.72 Å². The van der Waals surface area contributed by atoms with E-state index in [2.05, 4.69) is 9.71 Å². The minimum Gasteiger partial charge on any atom is -0.439 e. The minimum atomic E-state index is -3.75. The molecule has 0 saturated carbocycles. The van der Waals surface area contributed by atoms with E-state index in [1.807, 2.05) is 12.1 Å². The van der Waals surface area contributed by atoms with Crippen LogP contribution in [-0.4, -0.2) is 13.4 Å². The molecule has 2 aromatic carbocycles. The molecule has 1 aromatic heterocycles. The van der Waals surface area contributed by atoms with Gasteiger partial charge in [-0.2, -0.15) is 0 Å². The van der Waals surface area contributed by atoms with Crippen molar-refractivity contribution < 1.29 is 17.2 Å². The Morgan fingerprint density at radius 1 is 1.23 bits per heavy atom. The Labute approximate surface area is 126 Å². The lowest BCUT2D eigenvalue weighted by molar-refractivity contribution is 0.513. The summed E-state index contributed by atoms with van der Waals surface area (Å²) < 4.78 is 45.4. The first-order valence-electron chi connectivity index (χ1n) is 6.56. The molecule has 3 rings (SSSR count). The minimum absolute atomic E-state index is 0.00233. The molecule has 0 aliphatic heterocycles. The summed E-state index contributed by atoms with van der Waals surface area (Å²) in [5, 5.41) is 0. The number of oxazole rings is 1. The van der Waals surface area contributed by atoms with Crippen molar-refractivity contribution in [3.63, 3.8) is 0 Å². The van der Waals surface area contributed by atoms with E-state index in [4.69, 9.17) is 4.42 Å². The first-order chi connectivity index (χ1) is 10.5. The van der Waals surface area contributed by atoms with Gasteiger partial charge in [-0.1, -0.05) is 12.1 Å². The molecular formula is C15H13FN2O3S. The highest BCUT2D eigenvalue weighted by molar-refractivity contribution is 7.89. The SMILES string of the molecule is Cc1cc(S(=O)(=O)NCc2nc3ccccc3o2)ccc1F. The predicted molar refractivity (Wildman–Crippen MR) is 79.2 cm³/mol. The van der Waals surface area contributed by atoms with Gasteiger partial charge in [0.1, 0.15) is 11.3 Å². The summed E-state index contributed by atoms with van der Waals surface area (Å²) in [5.41, 5.74) is 1.52. The molecule has 7 heteroatoms. The fourth-order valence-corrected chi connectivity index (χ4v) is 3.08. The summed E-state index contributed by atoms with van der Waals surface area (Å²) in [5.74, 6) is -0.179.